The number of rotatable bonds is 5. The van der Waals surface area contributed by atoms with Crippen LogP contribution in [0.2, 0.25) is 0 Å². The summed E-state index contributed by atoms with van der Waals surface area (Å²) in [6.45, 7) is 0. The molecule has 0 radical (unpaired) electrons. The lowest BCUT2D eigenvalue weighted by molar-refractivity contribution is 0.699. The van der Waals surface area contributed by atoms with Crippen LogP contribution in [0.3, 0.4) is 0 Å². The second kappa shape index (κ2) is 10.8. The number of hydrogen-bond acceptors (Lipinski definition) is 8. The molecule has 6 nitrogen and oxygen atoms in total. The van der Waals surface area contributed by atoms with Crippen LogP contribution in [0, 0.1) is 0 Å². The van der Waals surface area contributed by atoms with Gasteiger partial charge in [0.1, 0.15) is 9.66 Å². The number of nitrogens with zero attached hydrogens (tertiary/aromatic N) is 4. The Hall–Kier alpha value is -3.18. The lowest BCUT2D eigenvalue weighted by Gasteiger charge is -2.15. The molecule has 0 saturated heterocycles. The topological polar surface area (TPSA) is 69.8 Å². The van der Waals surface area contributed by atoms with Crippen LogP contribution >= 0.6 is 44.3 Å². The van der Waals surface area contributed by atoms with E-state index < -0.39 is 0 Å². The van der Waals surface area contributed by atoms with Gasteiger partial charge in [-0.25, -0.2) is 9.97 Å². The Morgan fingerprint density at radius 3 is 1.40 bits per heavy atom. The minimum absolute atomic E-state index is 0.0245. The molecule has 0 aliphatic heterocycles. The van der Waals surface area contributed by atoms with Gasteiger partial charge in [0.15, 0.2) is 10.3 Å². The fraction of sp³-hybridized carbons (Fsp3) is 0.250. The van der Waals surface area contributed by atoms with Crippen LogP contribution in [0.15, 0.2) is 80.6 Å². The Labute approximate surface area is 257 Å². The Morgan fingerprint density at radius 2 is 0.976 bits per heavy atom. The highest BCUT2D eigenvalue weighted by atomic mass is 33.1. The van der Waals surface area contributed by atoms with Gasteiger partial charge in [-0.3, -0.25) is 18.7 Å². The molecule has 10 heteroatoms. The predicted molar refractivity (Wildman–Crippen MR) is 175 cm³/mol. The van der Waals surface area contributed by atoms with Crippen molar-refractivity contribution in [2.75, 3.05) is 0 Å². The van der Waals surface area contributed by atoms with Gasteiger partial charge in [-0.1, -0.05) is 36.4 Å². The summed E-state index contributed by atoms with van der Waals surface area (Å²) in [5.74, 6) is 0. The van der Waals surface area contributed by atoms with Gasteiger partial charge in [0.05, 0.1) is 22.1 Å². The van der Waals surface area contributed by atoms with Gasteiger partial charge >= 0.3 is 0 Å². The molecule has 2 aliphatic carbocycles. The Morgan fingerprint density at radius 1 is 0.571 bits per heavy atom. The number of para-hydroxylation sites is 2. The zero-order valence-corrected chi connectivity index (χ0v) is 25.9. The molecule has 4 heterocycles. The van der Waals surface area contributed by atoms with Crippen molar-refractivity contribution in [1.29, 1.82) is 0 Å². The number of aromatic nitrogens is 4. The molecule has 210 valence electrons. The van der Waals surface area contributed by atoms with E-state index in [1.54, 1.807) is 31.8 Å². The zero-order valence-electron chi connectivity index (χ0n) is 22.7. The van der Waals surface area contributed by atoms with Gasteiger partial charge in [-0.2, -0.15) is 0 Å². The molecule has 0 bridgehead atoms. The molecule has 0 N–H and O–H groups in total. The van der Waals surface area contributed by atoms with Crippen molar-refractivity contribution in [2.24, 2.45) is 0 Å². The van der Waals surface area contributed by atoms with Crippen molar-refractivity contribution in [2.45, 2.75) is 61.7 Å². The van der Waals surface area contributed by atoms with Crippen molar-refractivity contribution in [1.82, 2.24) is 19.1 Å². The maximum atomic E-state index is 14.2. The number of hydrogen-bond donors (Lipinski definition) is 0. The van der Waals surface area contributed by atoms with Crippen molar-refractivity contribution >= 4 is 64.7 Å². The molecule has 0 fully saturated rings. The summed E-state index contributed by atoms with van der Waals surface area (Å²) in [5, 5.41) is 2.69. The van der Waals surface area contributed by atoms with E-state index in [9.17, 15) is 9.59 Å². The fourth-order valence-corrected chi connectivity index (χ4v) is 10.8. The summed E-state index contributed by atoms with van der Waals surface area (Å²) in [5.41, 5.74) is 3.88. The van der Waals surface area contributed by atoms with E-state index in [1.807, 2.05) is 60.7 Å². The summed E-state index contributed by atoms with van der Waals surface area (Å²) >= 11 is 3.31. The monoisotopic (exact) mass is 626 g/mol. The summed E-state index contributed by atoms with van der Waals surface area (Å²) in [4.78, 5) is 42.7. The fourth-order valence-electron chi connectivity index (χ4n) is 6.17. The molecule has 42 heavy (non-hydrogen) atoms. The lowest BCUT2D eigenvalue weighted by atomic mass is 9.97. The first kappa shape index (κ1) is 26.4. The Kier molecular flexibility index (Phi) is 6.82. The highest BCUT2D eigenvalue weighted by molar-refractivity contribution is 8.76. The molecule has 0 amide bonds. The van der Waals surface area contributed by atoms with E-state index in [1.165, 1.54) is 42.5 Å². The Bertz CT molecular complexity index is 1940. The van der Waals surface area contributed by atoms with Crippen LogP contribution in [0.4, 0.5) is 0 Å². The second-order valence-corrected chi connectivity index (χ2v) is 14.9. The van der Waals surface area contributed by atoms with E-state index in [0.717, 1.165) is 83.2 Å². The van der Waals surface area contributed by atoms with Crippen LogP contribution in [-0.4, -0.2) is 19.1 Å². The maximum Gasteiger partial charge on any atom is 0.267 e. The average Bonchev–Trinajstić information content (AvgIpc) is 3.59. The van der Waals surface area contributed by atoms with Crippen molar-refractivity contribution in [3.63, 3.8) is 0 Å². The van der Waals surface area contributed by atoms with E-state index in [2.05, 4.69) is 0 Å². The summed E-state index contributed by atoms with van der Waals surface area (Å²) in [7, 11) is 2.78. The predicted octanol–water partition coefficient (Wildman–Crippen LogP) is 7.76. The van der Waals surface area contributed by atoms with Gasteiger partial charge < -0.3 is 0 Å². The molecular formula is C32H26N4O2S4. The van der Waals surface area contributed by atoms with Crippen molar-refractivity contribution < 1.29 is 0 Å². The van der Waals surface area contributed by atoms with Crippen LogP contribution in [0.5, 0.6) is 0 Å². The normalized spacial score (nSPS) is 14.8. The van der Waals surface area contributed by atoms with Crippen molar-refractivity contribution in [3.8, 4) is 11.4 Å². The maximum absolute atomic E-state index is 14.2. The zero-order chi connectivity index (χ0) is 28.2. The first-order valence-electron chi connectivity index (χ1n) is 14.3. The molecule has 0 unspecified atom stereocenters. The molecule has 4 aromatic heterocycles. The molecule has 6 aromatic rings. The molecule has 8 rings (SSSR count). The van der Waals surface area contributed by atoms with Crippen LogP contribution in [-0.2, 0) is 25.7 Å². The molecule has 0 spiro atoms. The summed E-state index contributed by atoms with van der Waals surface area (Å²) < 4.78 is 3.46. The van der Waals surface area contributed by atoms with E-state index in [0.29, 0.717) is 10.3 Å². The minimum Gasteiger partial charge on any atom is -0.268 e. The number of fused-ring (bicyclic) bond motifs is 6. The van der Waals surface area contributed by atoms with E-state index in [4.69, 9.17) is 9.97 Å². The highest BCUT2D eigenvalue weighted by Gasteiger charge is 2.26. The largest absolute Gasteiger partial charge is 0.268 e. The van der Waals surface area contributed by atoms with Crippen LogP contribution in [0.1, 0.15) is 46.6 Å². The first-order valence-corrected chi connectivity index (χ1v) is 18.1. The van der Waals surface area contributed by atoms with Gasteiger partial charge in [0.25, 0.3) is 11.1 Å². The third kappa shape index (κ3) is 4.38. The standard InChI is InChI=1S/C32H26N4O2S4/c37-29-25-21-15-7-9-17-23(21)39-27(25)33-31(35(29)19-11-3-1-4-12-19)41-42-32-34-28-26(22-16-8-10-18-24(22)40-28)30(38)36(32)20-13-5-2-6-14-20/h1-6,11-14H,7-10,15-18H2. The van der Waals surface area contributed by atoms with Gasteiger partial charge in [-0.05, 0) is 108 Å². The van der Waals surface area contributed by atoms with Gasteiger partial charge in [0, 0.05) is 9.75 Å². The van der Waals surface area contributed by atoms with Crippen LogP contribution in [0.25, 0.3) is 31.8 Å². The third-order valence-corrected chi connectivity index (χ3v) is 12.6. The molecule has 2 aromatic carbocycles. The summed E-state index contributed by atoms with van der Waals surface area (Å²) in [6.07, 6.45) is 8.40. The lowest BCUT2D eigenvalue weighted by Crippen LogP contribution is -2.23. The molecule has 0 saturated carbocycles. The molecule has 2 aliphatic rings. The van der Waals surface area contributed by atoms with E-state index in [-0.39, 0.29) is 11.1 Å². The quantitative estimate of drug-likeness (QED) is 0.144. The van der Waals surface area contributed by atoms with Gasteiger partial charge in [0.2, 0.25) is 0 Å². The highest BCUT2D eigenvalue weighted by Crippen LogP contribution is 2.41. The van der Waals surface area contributed by atoms with Gasteiger partial charge in [-0.15, -0.1) is 22.7 Å². The number of benzene rings is 2. The second-order valence-electron chi connectivity index (χ2n) is 10.7. The SMILES string of the molecule is O=c1c2c3c(sc2nc(SSc2nc4sc5c(c4c(=O)n2-c2ccccc2)CCCC5)n1-c1ccccc1)CCCC3. The molecular weight excluding hydrogens is 601 g/mol. The number of aryl methyl sites for hydroxylation is 4. The first-order chi connectivity index (χ1) is 20.7. The van der Waals surface area contributed by atoms with Crippen molar-refractivity contribution in [3.05, 3.63) is 102 Å². The Balaban J connectivity index is 1.29. The average molecular weight is 627 g/mol. The van der Waals surface area contributed by atoms with Crippen LogP contribution < -0.4 is 11.1 Å². The number of thiophene rings is 2. The van der Waals surface area contributed by atoms with E-state index >= 15 is 0 Å². The summed E-state index contributed by atoms with van der Waals surface area (Å²) in [6, 6.07) is 19.5. The smallest absolute Gasteiger partial charge is 0.267 e. The third-order valence-electron chi connectivity index (χ3n) is 8.14. The minimum atomic E-state index is -0.0245. The molecule has 0 atom stereocenters.